The van der Waals surface area contributed by atoms with Gasteiger partial charge < -0.3 is 16.0 Å². The molecule has 1 unspecified atom stereocenters. The molecule has 28 heavy (non-hydrogen) atoms. The van der Waals surface area contributed by atoms with Crippen LogP contribution >= 0.6 is 0 Å². The molecule has 2 rings (SSSR count). The third-order valence-electron chi connectivity index (χ3n) is 4.16. The van der Waals surface area contributed by atoms with Gasteiger partial charge >= 0.3 is 0 Å². The van der Waals surface area contributed by atoms with Crippen LogP contribution in [0.5, 0.6) is 0 Å². The molecule has 1 atom stereocenters. The highest BCUT2D eigenvalue weighted by Gasteiger charge is 2.21. The Kier molecular flexibility index (Phi) is 6.57. The summed E-state index contributed by atoms with van der Waals surface area (Å²) < 4.78 is 0. The van der Waals surface area contributed by atoms with Gasteiger partial charge in [-0.15, -0.1) is 0 Å². The average molecular weight is 381 g/mol. The first-order chi connectivity index (χ1) is 13.1. The molecule has 0 aromatic heterocycles. The number of hydrogen-bond acceptors (Lipinski definition) is 4. The number of hydrogen-bond donors (Lipinski definition) is 3. The molecule has 0 radical (unpaired) electrons. The van der Waals surface area contributed by atoms with Crippen molar-refractivity contribution in [2.75, 3.05) is 16.0 Å². The largest absolute Gasteiger partial charge is 0.374 e. The van der Waals surface area contributed by atoms with Crippen LogP contribution in [0.4, 0.5) is 17.1 Å². The first-order valence-corrected chi connectivity index (χ1v) is 9.16. The fourth-order valence-corrected chi connectivity index (χ4v) is 2.32. The molecule has 0 saturated heterocycles. The van der Waals surface area contributed by atoms with Crippen LogP contribution in [0, 0.1) is 5.41 Å². The molecule has 0 aliphatic heterocycles. The van der Waals surface area contributed by atoms with Gasteiger partial charge in [0.1, 0.15) is 6.04 Å². The van der Waals surface area contributed by atoms with Gasteiger partial charge in [-0.05, 0) is 62.4 Å². The summed E-state index contributed by atoms with van der Waals surface area (Å²) in [5.74, 6) is -0.271. The van der Waals surface area contributed by atoms with E-state index in [9.17, 15) is 14.4 Å². The van der Waals surface area contributed by atoms with Gasteiger partial charge in [-0.2, -0.15) is 0 Å². The van der Waals surface area contributed by atoms with Crippen LogP contribution in [0.3, 0.4) is 0 Å². The maximum Gasteiger partial charge on any atom is 0.246 e. The van der Waals surface area contributed by atoms with E-state index in [4.69, 9.17) is 0 Å². The van der Waals surface area contributed by atoms with Crippen LogP contribution in [0.25, 0.3) is 0 Å². The summed E-state index contributed by atoms with van der Waals surface area (Å²) in [4.78, 5) is 35.7. The number of rotatable bonds is 6. The predicted molar refractivity (Wildman–Crippen MR) is 113 cm³/mol. The number of carbonyl (C=O) groups excluding carboxylic acids is 3. The quantitative estimate of drug-likeness (QED) is 0.651. The summed E-state index contributed by atoms with van der Waals surface area (Å²) in [7, 11) is 0. The molecule has 0 fully saturated rings. The fourth-order valence-electron chi connectivity index (χ4n) is 2.32. The zero-order chi connectivity index (χ0) is 20.9. The molecule has 2 aromatic rings. The molecule has 2 aromatic carbocycles. The Morgan fingerprint density at radius 3 is 1.75 bits per heavy atom. The van der Waals surface area contributed by atoms with Gasteiger partial charge in [0.05, 0.1) is 0 Å². The molecule has 6 nitrogen and oxygen atoms in total. The maximum absolute atomic E-state index is 12.4. The van der Waals surface area contributed by atoms with E-state index >= 15 is 0 Å². The van der Waals surface area contributed by atoms with E-state index in [0.717, 1.165) is 5.69 Å². The highest BCUT2D eigenvalue weighted by Crippen LogP contribution is 2.19. The van der Waals surface area contributed by atoms with Crippen LogP contribution in [0.1, 0.15) is 45.0 Å². The van der Waals surface area contributed by atoms with E-state index in [1.54, 1.807) is 43.3 Å². The van der Waals surface area contributed by atoms with Crippen LogP contribution in [0.15, 0.2) is 48.5 Å². The first-order valence-electron chi connectivity index (χ1n) is 9.16. The second-order valence-electron chi connectivity index (χ2n) is 7.77. The van der Waals surface area contributed by atoms with E-state index in [1.807, 2.05) is 32.9 Å². The highest BCUT2D eigenvalue weighted by atomic mass is 16.2. The lowest BCUT2D eigenvalue weighted by Crippen LogP contribution is -2.31. The van der Waals surface area contributed by atoms with E-state index in [1.165, 1.54) is 6.92 Å². The van der Waals surface area contributed by atoms with E-state index in [2.05, 4.69) is 16.0 Å². The number of ketones is 1. The van der Waals surface area contributed by atoms with Crippen molar-refractivity contribution in [2.24, 2.45) is 5.41 Å². The summed E-state index contributed by atoms with van der Waals surface area (Å²) in [6.45, 7) is 8.82. The van der Waals surface area contributed by atoms with Crippen molar-refractivity contribution in [1.82, 2.24) is 0 Å². The molecule has 0 saturated carbocycles. The molecule has 2 amide bonds. The summed E-state index contributed by atoms with van der Waals surface area (Å²) in [6.07, 6.45) is 0. The van der Waals surface area contributed by atoms with Crippen molar-refractivity contribution < 1.29 is 14.4 Å². The number of nitrogens with one attached hydrogen (secondary N) is 3. The molecular formula is C22H27N3O3. The van der Waals surface area contributed by atoms with Crippen LogP contribution in [-0.2, 0) is 9.59 Å². The Balaban J connectivity index is 1.92. The third-order valence-corrected chi connectivity index (χ3v) is 4.16. The Labute approximate surface area is 165 Å². The molecule has 0 heterocycles. The smallest absolute Gasteiger partial charge is 0.246 e. The minimum atomic E-state index is -0.470. The lowest BCUT2D eigenvalue weighted by Gasteiger charge is -2.18. The van der Waals surface area contributed by atoms with Crippen molar-refractivity contribution in [2.45, 2.75) is 40.7 Å². The zero-order valence-corrected chi connectivity index (χ0v) is 16.9. The predicted octanol–water partition coefficient (Wildman–Crippen LogP) is 4.31. The molecule has 0 aliphatic carbocycles. The normalized spacial score (nSPS) is 12.0. The molecule has 0 bridgehead atoms. The van der Waals surface area contributed by atoms with Crippen molar-refractivity contribution in [3.05, 3.63) is 54.1 Å². The highest BCUT2D eigenvalue weighted by molar-refractivity contribution is 5.98. The Morgan fingerprint density at radius 2 is 1.25 bits per heavy atom. The van der Waals surface area contributed by atoms with Crippen LogP contribution < -0.4 is 16.0 Å². The van der Waals surface area contributed by atoms with Crippen LogP contribution in [-0.4, -0.2) is 23.6 Å². The maximum atomic E-state index is 12.4. The second-order valence-corrected chi connectivity index (χ2v) is 7.77. The SMILES string of the molecule is CC(=O)c1ccc(NC(=O)C(C)Nc2ccc(NC(=O)C(C)(C)C)cc2)cc1. The van der Waals surface area contributed by atoms with E-state index in [-0.39, 0.29) is 17.6 Å². The number of Topliss-reactive ketones (excluding diaryl/α,β-unsaturated/α-hetero) is 1. The van der Waals surface area contributed by atoms with Gasteiger partial charge in [0, 0.05) is 28.0 Å². The standard InChI is InChI=1S/C22H27N3O3/c1-14(20(27)24-18-8-6-16(7-9-18)15(2)26)23-17-10-12-19(13-11-17)25-21(28)22(3,4)5/h6-14,23H,1-5H3,(H,24,27)(H,25,28). The molecular weight excluding hydrogens is 354 g/mol. The number of benzene rings is 2. The van der Waals surface area contributed by atoms with Gasteiger partial charge in [-0.3, -0.25) is 14.4 Å². The molecule has 0 spiro atoms. The van der Waals surface area contributed by atoms with Gasteiger partial charge in [-0.1, -0.05) is 20.8 Å². The number of amides is 2. The van der Waals surface area contributed by atoms with E-state index in [0.29, 0.717) is 16.9 Å². The summed E-state index contributed by atoms with van der Waals surface area (Å²) in [5, 5.41) is 8.80. The number of anilines is 3. The van der Waals surface area contributed by atoms with Crippen LogP contribution in [0.2, 0.25) is 0 Å². The van der Waals surface area contributed by atoms with Gasteiger partial charge in [0.25, 0.3) is 0 Å². The summed E-state index contributed by atoms with van der Waals surface area (Å²) >= 11 is 0. The fraction of sp³-hybridized carbons (Fsp3) is 0.318. The van der Waals surface area contributed by atoms with Gasteiger partial charge in [-0.25, -0.2) is 0 Å². The van der Waals surface area contributed by atoms with Gasteiger partial charge in [0.2, 0.25) is 11.8 Å². The lowest BCUT2D eigenvalue weighted by molar-refractivity contribution is -0.123. The lowest BCUT2D eigenvalue weighted by atomic mass is 9.95. The number of carbonyl (C=O) groups is 3. The van der Waals surface area contributed by atoms with Crippen molar-refractivity contribution >= 4 is 34.7 Å². The van der Waals surface area contributed by atoms with Crippen molar-refractivity contribution in [3.63, 3.8) is 0 Å². The molecule has 0 aliphatic rings. The average Bonchev–Trinajstić information content (AvgIpc) is 2.62. The Bertz CT molecular complexity index is 850. The van der Waals surface area contributed by atoms with E-state index < -0.39 is 11.5 Å². The minimum absolute atomic E-state index is 0.0185. The molecule has 6 heteroatoms. The molecule has 148 valence electrons. The van der Waals surface area contributed by atoms with Crippen molar-refractivity contribution in [1.29, 1.82) is 0 Å². The monoisotopic (exact) mass is 381 g/mol. The zero-order valence-electron chi connectivity index (χ0n) is 16.9. The summed E-state index contributed by atoms with van der Waals surface area (Å²) in [6, 6.07) is 13.5. The van der Waals surface area contributed by atoms with Crippen molar-refractivity contribution in [3.8, 4) is 0 Å². The first kappa shape index (κ1) is 21.2. The van der Waals surface area contributed by atoms with Gasteiger partial charge in [0.15, 0.2) is 5.78 Å². The topological polar surface area (TPSA) is 87.3 Å². The second kappa shape index (κ2) is 8.69. The molecule has 3 N–H and O–H groups in total. The Morgan fingerprint density at radius 1 is 0.786 bits per heavy atom. The third kappa shape index (κ3) is 5.94. The minimum Gasteiger partial charge on any atom is -0.374 e. The summed E-state index contributed by atoms with van der Waals surface area (Å²) in [5.41, 5.74) is 2.23. The Hall–Kier alpha value is -3.15.